The maximum Gasteiger partial charge on any atom is 0.132 e. The molecule has 0 spiro atoms. The standard InChI is InChI=1S/C6H16NSi2/c1-6(8-4)9(5)7(2)3/h6H,1-5H3. The van der Waals surface area contributed by atoms with Crippen molar-refractivity contribution in [3.63, 3.8) is 0 Å². The highest BCUT2D eigenvalue weighted by Crippen LogP contribution is 2.07. The Morgan fingerprint density at radius 2 is 1.89 bits per heavy atom. The van der Waals surface area contributed by atoms with E-state index < -0.39 is 0 Å². The molecule has 0 saturated heterocycles. The van der Waals surface area contributed by atoms with Gasteiger partial charge in [-0.3, -0.25) is 0 Å². The smallest absolute Gasteiger partial charge is 0.132 e. The van der Waals surface area contributed by atoms with Gasteiger partial charge in [0.1, 0.15) is 8.96 Å². The van der Waals surface area contributed by atoms with E-state index in [0.717, 1.165) is 14.7 Å². The predicted octanol–water partition coefficient (Wildman–Crippen LogP) is 1.27. The molecule has 0 saturated carbocycles. The van der Waals surface area contributed by atoms with Crippen molar-refractivity contribution >= 4 is 18.5 Å². The molecule has 53 valence electrons. The molecule has 0 heterocycles. The number of hydrogen-bond donors (Lipinski definition) is 0. The lowest BCUT2D eigenvalue weighted by Crippen LogP contribution is -2.34. The summed E-state index contributed by atoms with van der Waals surface area (Å²) >= 11 is 0. The molecule has 0 aromatic heterocycles. The third kappa shape index (κ3) is 3.18. The molecule has 0 rings (SSSR count). The second kappa shape index (κ2) is 4.25. The van der Waals surface area contributed by atoms with Crippen LogP contribution in [0, 0.1) is 0 Å². The highest BCUT2D eigenvalue weighted by Gasteiger charge is 2.14. The van der Waals surface area contributed by atoms with Crippen molar-refractivity contribution < 1.29 is 0 Å². The van der Waals surface area contributed by atoms with Crippen LogP contribution in [0.3, 0.4) is 0 Å². The monoisotopic (exact) mass is 158 g/mol. The van der Waals surface area contributed by atoms with Crippen molar-refractivity contribution in [1.82, 2.24) is 4.57 Å². The predicted molar refractivity (Wildman–Crippen MR) is 46.3 cm³/mol. The Bertz CT molecular complexity index is 75.5. The lowest BCUT2D eigenvalue weighted by atomic mass is 10.9. The SMILES string of the molecule is C[Si]C(C)[Si](C)N(C)C. The first kappa shape index (κ1) is 9.39. The van der Waals surface area contributed by atoms with Gasteiger partial charge in [-0.25, -0.2) is 0 Å². The van der Waals surface area contributed by atoms with Gasteiger partial charge in [0.05, 0.1) is 0 Å². The van der Waals surface area contributed by atoms with Crippen LogP contribution in [0.25, 0.3) is 0 Å². The summed E-state index contributed by atoms with van der Waals surface area (Å²) in [5.41, 5.74) is 0. The van der Waals surface area contributed by atoms with E-state index in [1.165, 1.54) is 0 Å². The summed E-state index contributed by atoms with van der Waals surface area (Å²) in [5, 5.41) is 0.949. The zero-order chi connectivity index (χ0) is 7.44. The average molecular weight is 158 g/mol. The van der Waals surface area contributed by atoms with E-state index in [1.54, 1.807) is 0 Å². The molecule has 1 atom stereocenters. The Kier molecular flexibility index (Phi) is 4.43. The van der Waals surface area contributed by atoms with E-state index in [4.69, 9.17) is 0 Å². The first-order chi connectivity index (χ1) is 4.09. The van der Waals surface area contributed by atoms with Crippen LogP contribution in [0.1, 0.15) is 6.92 Å². The quantitative estimate of drug-likeness (QED) is 0.559. The van der Waals surface area contributed by atoms with Crippen LogP contribution in [-0.4, -0.2) is 37.1 Å². The van der Waals surface area contributed by atoms with Gasteiger partial charge in [-0.2, -0.15) is 0 Å². The molecule has 0 aromatic rings. The summed E-state index contributed by atoms with van der Waals surface area (Å²) in [5.74, 6) is 0. The molecule has 0 aliphatic rings. The minimum absolute atomic E-state index is 0.190. The molecule has 0 fully saturated rings. The molecule has 0 bridgehead atoms. The Morgan fingerprint density at radius 1 is 1.44 bits per heavy atom. The number of rotatable bonds is 3. The van der Waals surface area contributed by atoms with Crippen molar-refractivity contribution in [2.24, 2.45) is 0 Å². The third-order valence-corrected chi connectivity index (χ3v) is 7.41. The summed E-state index contributed by atoms with van der Waals surface area (Å²) in [4.78, 5) is 0. The van der Waals surface area contributed by atoms with Crippen LogP contribution in [0.15, 0.2) is 0 Å². The molecular formula is C6H16NSi2. The second-order valence-corrected chi connectivity index (χ2v) is 7.61. The van der Waals surface area contributed by atoms with Gasteiger partial charge < -0.3 is 4.57 Å². The zero-order valence-electron chi connectivity index (χ0n) is 7.02. The average Bonchev–Trinajstić information content (AvgIpc) is 1.84. The maximum absolute atomic E-state index is 2.38. The van der Waals surface area contributed by atoms with Crippen molar-refractivity contribution in [2.75, 3.05) is 14.1 Å². The molecule has 0 aromatic carbocycles. The minimum atomic E-state index is -0.190. The van der Waals surface area contributed by atoms with Crippen molar-refractivity contribution in [2.45, 2.75) is 25.2 Å². The van der Waals surface area contributed by atoms with E-state index in [9.17, 15) is 0 Å². The lowest BCUT2D eigenvalue weighted by Gasteiger charge is -2.22. The Hall–Kier alpha value is 0.394. The molecule has 1 nitrogen and oxygen atoms in total. The molecule has 0 N–H and O–H groups in total. The van der Waals surface area contributed by atoms with Crippen LogP contribution in [0.5, 0.6) is 0 Å². The highest BCUT2D eigenvalue weighted by molar-refractivity contribution is 6.68. The Balaban J connectivity index is 3.58. The van der Waals surface area contributed by atoms with Gasteiger partial charge in [-0.05, 0) is 19.3 Å². The van der Waals surface area contributed by atoms with Crippen molar-refractivity contribution in [3.8, 4) is 0 Å². The molecule has 9 heavy (non-hydrogen) atoms. The van der Waals surface area contributed by atoms with Crippen LogP contribution < -0.4 is 0 Å². The Labute approximate surface area is 63.0 Å². The number of hydrogen-bond acceptors (Lipinski definition) is 1. The fourth-order valence-corrected chi connectivity index (χ4v) is 3.82. The van der Waals surface area contributed by atoms with Crippen molar-refractivity contribution in [1.29, 1.82) is 0 Å². The summed E-state index contributed by atoms with van der Waals surface area (Å²) < 4.78 is 2.38. The summed E-state index contributed by atoms with van der Waals surface area (Å²) in [6.07, 6.45) is 0. The van der Waals surface area contributed by atoms with Gasteiger partial charge in [0.25, 0.3) is 0 Å². The van der Waals surface area contributed by atoms with Crippen molar-refractivity contribution in [3.05, 3.63) is 0 Å². The topological polar surface area (TPSA) is 3.24 Å². The van der Waals surface area contributed by atoms with Gasteiger partial charge in [-0.1, -0.05) is 20.0 Å². The molecule has 0 amide bonds. The molecular weight excluding hydrogens is 142 g/mol. The number of nitrogens with zero attached hydrogens (tertiary/aromatic N) is 1. The van der Waals surface area contributed by atoms with Crippen LogP contribution in [0.2, 0.25) is 18.3 Å². The molecule has 0 aliphatic heterocycles. The minimum Gasteiger partial charge on any atom is -0.330 e. The van der Waals surface area contributed by atoms with E-state index >= 15 is 0 Å². The van der Waals surface area contributed by atoms with Crippen LogP contribution >= 0.6 is 0 Å². The fourth-order valence-electron chi connectivity index (χ4n) is 0.596. The van der Waals surface area contributed by atoms with E-state index in [2.05, 4.69) is 38.7 Å². The van der Waals surface area contributed by atoms with Gasteiger partial charge in [0.2, 0.25) is 0 Å². The maximum atomic E-state index is 2.38. The van der Waals surface area contributed by atoms with Crippen LogP contribution in [0.4, 0.5) is 0 Å². The molecule has 3 heteroatoms. The van der Waals surface area contributed by atoms with E-state index in [-0.39, 0.29) is 8.96 Å². The highest BCUT2D eigenvalue weighted by atomic mass is 28.3. The van der Waals surface area contributed by atoms with E-state index in [0.29, 0.717) is 0 Å². The first-order valence-electron chi connectivity index (χ1n) is 3.27. The molecule has 0 aliphatic carbocycles. The lowest BCUT2D eigenvalue weighted by molar-refractivity contribution is 0.636. The van der Waals surface area contributed by atoms with E-state index in [1.807, 2.05) is 0 Å². The fraction of sp³-hybridized carbons (Fsp3) is 1.00. The first-order valence-corrected chi connectivity index (χ1v) is 6.87. The molecule has 3 radical (unpaired) electrons. The Morgan fingerprint density at radius 3 is 2.00 bits per heavy atom. The van der Waals surface area contributed by atoms with Gasteiger partial charge in [0, 0.05) is 9.52 Å². The van der Waals surface area contributed by atoms with Gasteiger partial charge >= 0.3 is 0 Å². The summed E-state index contributed by atoms with van der Waals surface area (Å²) in [6, 6.07) is 0. The van der Waals surface area contributed by atoms with Gasteiger partial charge in [0.15, 0.2) is 0 Å². The third-order valence-electron chi connectivity index (χ3n) is 1.77. The zero-order valence-corrected chi connectivity index (χ0v) is 9.02. The second-order valence-electron chi connectivity index (χ2n) is 2.55. The van der Waals surface area contributed by atoms with Gasteiger partial charge in [-0.15, -0.1) is 0 Å². The summed E-state index contributed by atoms with van der Waals surface area (Å²) in [6.45, 7) is 7.03. The largest absolute Gasteiger partial charge is 0.330 e. The molecule has 1 unspecified atom stereocenters. The summed E-state index contributed by atoms with van der Waals surface area (Å²) in [7, 11) is 5.29. The van der Waals surface area contributed by atoms with Crippen LogP contribution in [-0.2, 0) is 0 Å². The normalized spacial score (nSPS) is 15.0.